The number of benzene rings is 1. The molecule has 1 aromatic carbocycles. The van der Waals surface area contributed by atoms with Crippen molar-refractivity contribution in [3.8, 4) is 0 Å². The minimum absolute atomic E-state index is 0.712. The number of hydrogen-bond donors (Lipinski definition) is 1. The molecule has 0 amide bonds. The van der Waals surface area contributed by atoms with E-state index in [1.54, 1.807) is 0 Å². The largest absolute Gasteiger partial charge is 0.312 e. The highest BCUT2D eigenvalue weighted by molar-refractivity contribution is 7.98. The van der Waals surface area contributed by atoms with Crippen LogP contribution in [-0.2, 0) is 13.1 Å². The van der Waals surface area contributed by atoms with Gasteiger partial charge in [0, 0.05) is 25.4 Å². The zero-order valence-electron chi connectivity index (χ0n) is 12.8. The van der Waals surface area contributed by atoms with Gasteiger partial charge in [-0.2, -0.15) is 11.8 Å². The number of nitrogens with zero attached hydrogens (tertiary/aromatic N) is 1. The molecule has 19 heavy (non-hydrogen) atoms. The maximum atomic E-state index is 3.48. The molecule has 0 aliphatic rings. The van der Waals surface area contributed by atoms with Gasteiger partial charge in [0.25, 0.3) is 0 Å². The summed E-state index contributed by atoms with van der Waals surface area (Å²) in [5.41, 5.74) is 2.77. The van der Waals surface area contributed by atoms with Gasteiger partial charge in [-0.3, -0.25) is 0 Å². The Morgan fingerprint density at radius 2 is 1.79 bits per heavy atom. The lowest BCUT2D eigenvalue weighted by atomic mass is 10.1. The summed E-state index contributed by atoms with van der Waals surface area (Å²) in [6.45, 7) is 8.72. The lowest BCUT2D eigenvalue weighted by Gasteiger charge is -2.16. The van der Waals surface area contributed by atoms with Crippen molar-refractivity contribution in [3.63, 3.8) is 0 Å². The van der Waals surface area contributed by atoms with Crippen LogP contribution >= 0.6 is 11.8 Å². The van der Waals surface area contributed by atoms with Crippen LogP contribution in [0, 0.1) is 5.92 Å². The van der Waals surface area contributed by atoms with Crippen molar-refractivity contribution >= 4 is 11.8 Å². The molecule has 2 nitrogen and oxygen atoms in total. The second kappa shape index (κ2) is 9.40. The Labute approximate surface area is 123 Å². The molecule has 0 spiro atoms. The van der Waals surface area contributed by atoms with E-state index < -0.39 is 0 Å². The number of hydrogen-bond acceptors (Lipinski definition) is 3. The molecule has 1 rings (SSSR count). The molecule has 0 atom stereocenters. The molecule has 0 fully saturated rings. The summed E-state index contributed by atoms with van der Waals surface area (Å²) in [6.07, 6.45) is 2.16. The van der Waals surface area contributed by atoms with E-state index in [1.165, 1.54) is 16.9 Å². The van der Waals surface area contributed by atoms with Gasteiger partial charge >= 0.3 is 0 Å². The first-order chi connectivity index (χ1) is 9.11. The maximum Gasteiger partial charge on any atom is 0.0231 e. The van der Waals surface area contributed by atoms with Gasteiger partial charge in [0.05, 0.1) is 0 Å². The van der Waals surface area contributed by atoms with Gasteiger partial charge < -0.3 is 10.2 Å². The highest BCUT2D eigenvalue weighted by atomic mass is 32.2. The van der Waals surface area contributed by atoms with Crippen LogP contribution in [0.4, 0.5) is 0 Å². The van der Waals surface area contributed by atoms with Gasteiger partial charge in [-0.05, 0) is 36.9 Å². The predicted molar refractivity (Wildman–Crippen MR) is 87.7 cm³/mol. The molecule has 1 aromatic rings. The Bertz CT molecular complexity index is 335. The fourth-order valence-corrected chi connectivity index (χ4v) is 2.40. The summed E-state index contributed by atoms with van der Waals surface area (Å²) in [6, 6.07) is 8.99. The third-order valence-corrected chi connectivity index (χ3v) is 3.63. The van der Waals surface area contributed by atoms with E-state index >= 15 is 0 Å². The van der Waals surface area contributed by atoms with Crippen LogP contribution in [0.25, 0.3) is 0 Å². The Hall–Kier alpha value is -0.510. The summed E-state index contributed by atoms with van der Waals surface area (Å²) in [5, 5.41) is 3.48. The molecule has 0 saturated heterocycles. The first kappa shape index (κ1) is 16.5. The second-order valence-corrected chi connectivity index (χ2v) is 6.56. The summed E-state index contributed by atoms with van der Waals surface area (Å²) >= 11 is 1.90. The number of rotatable bonds is 9. The molecule has 0 radical (unpaired) electrons. The van der Waals surface area contributed by atoms with Crippen molar-refractivity contribution < 1.29 is 0 Å². The van der Waals surface area contributed by atoms with Crippen molar-refractivity contribution in [1.82, 2.24) is 10.2 Å². The molecule has 0 aromatic heterocycles. The maximum absolute atomic E-state index is 3.48. The van der Waals surface area contributed by atoms with Gasteiger partial charge in [-0.25, -0.2) is 0 Å². The van der Waals surface area contributed by atoms with Gasteiger partial charge in [0.15, 0.2) is 0 Å². The van der Waals surface area contributed by atoms with Gasteiger partial charge in [-0.15, -0.1) is 0 Å². The van der Waals surface area contributed by atoms with E-state index in [0.717, 1.165) is 26.2 Å². The molecule has 0 bridgehead atoms. The molecule has 0 aliphatic carbocycles. The minimum Gasteiger partial charge on any atom is -0.312 e. The van der Waals surface area contributed by atoms with Crippen LogP contribution in [0.3, 0.4) is 0 Å². The molecule has 3 heteroatoms. The average molecular weight is 280 g/mol. The second-order valence-electron chi connectivity index (χ2n) is 5.57. The highest BCUT2D eigenvalue weighted by Gasteiger charge is 2.00. The quantitative estimate of drug-likeness (QED) is 0.747. The van der Waals surface area contributed by atoms with Gasteiger partial charge in [0.1, 0.15) is 0 Å². The Balaban J connectivity index is 2.34. The van der Waals surface area contributed by atoms with Crippen LogP contribution in [0.2, 0.25) is 0 Å². The summed E-state index contributed by atoms with van der Waals surface area (Å²) in [7, 11) is 2.19. The van der Waals surface area contributed by atoms with Crippen molar-refractivity contribution in [3.05, 3.63) is 35.4 Å². The van der Waals surface area contributed by atoms with E-state index in [-0.39, 0.29) is 0 Å². The minimum atomic E-state index is 0.712. The highest BCUT2D eigenvalue weighted by Crippen LogP contribution is 2.07. The van der Waals surface area contributed by atoms with E-state index in [9.17, 15) is 0 Å². The number of nitrogens with one attached hydrogen (secondary N) is 1. The summed E-state index contributed by atoms with van der Waals surface area (Å²) < 4.78 is 0. The fourth-order valence-electron chi connectivity index (χ4n) is 1.91. The topological polar surface area (TPSA) is 15.3 Å². The Morgan fingerprint density at radius 3 is 2.37 bits per heavy atom. The Kier molecular flexibility index (Phi) is 8.19. The van der Waals surface area contributed by atoms with Crippen molar-refractivity contribution in [1.29, 1.82) is 0 Å². The van der Waals surface area contributed by atoms with Crippen LogP contribution in [-0.4, -0.2) is 37.0 Å². The normalized spacial score (nSPS) is 11.5. The molecular weight excluding hydrogens is 252 g/mol. The Morgan fingerprint density at radius 1 is 1.16 bits per heavy atom. The van der Waals surface area contributed by atoms with Crippen LogP contribution < -0.4 is 5.32 Å². The summed E-state index contributed by atoms with van der Waals surface area (Å²) in [4.78, 5) is 2.38. The predicted octanol–water partition coefficient (Wildman–Crippen LogP) is 3.23. The van der Waals surface area contributed by atoms with Gasteiger partial charge in [0.2, 0.25) is 0 Å². The lowest BCUT2D eigenvalue weighted by molar-refractivity contribution is 0.349. The van der Waals surface area contributed by atoms with E-state index in [1.807, 2.05) is 11.8 Å². The molecule has 108 valence electrons. The zero-order chi connectivity index (χ0) is 14.1. The SMILES string of the molecule is CSCCN(C)Cc1ccc(CNCC(C)C)cc1. The van der Waals surface area contributed by atoms with E-state index in [4.69, 9.17) is 0 Å². The van der Waals surface area contributed by atoms with Crippen LogP contribution in [0.15, 0.2) is 24.3 Å². The first-order valence-corrected chi connectivity index (χ1v) is 8.47. The molecule has 0 aliphatic heterocycles. The fraction of sp³-hybridized carbons (Fsp3) is 0.625. The zero-order valence-corrected chi connectivity index (χ0v) is 13.6. The number of thioether (sulfide) groups is 1. The third-order valence-electron chi connectivity index (χ3n) is 3.03. The van der Waals surface area contributed by atoms with E-state index in [2.05, 4.69) is 61.6 Å². The smallest absolute Gasteiger partial charge is 0.0231 e. The van der Waals surface area contributed by atoms with Crippen molar-refractivity contribution in [2.75, 3.05) is 32.1 Å². The molecule has 0 unspecified atom stereocenters. The van der Waals surface area contributed by atoms with E-state index in [0.29, 0.717) is 5.92 Å². The average Bonchev–Trinajstić information content (AvgIpc) is 2.38. The lowest BCUT2D eigenvalue weighted by Crippen LogP contribution is -2.21. The van der Waals surface area contributed by atoms with Crippen molar-refractivity contribution in [2.24, 2.45) is 5.92 Å². The first-order valence-electron chi connectivity index (χ1n) is 7.08. The molecule has 0 saturated carbocycles. The molecular formula is C16H28N2S. The molecule has 1 N–H and O–H groups in total. The van der Waals surface area contributed by atoms with Crippen LogP contribution in [0.5, 0.6) is 0 Å². The summed E-state index contributed by atoms with van der Waals surface area (Å²) in [5.74, 6) is 1.91. The third kappa shape index (κ3) is 7.61. The molecule has 0 heterocycles. The van der Waals surface area contributed by atoms with Crippen LogP contribution in [0.1, 0.15) is 25.0 Å². The monoisotopic (exact) mass is 280 g/mol. The van der Waals surface area contributed by atoms with Crippen molar-refractivity contribution in [2.45, 2.75) is 26.9 Å². The van der Waals surface area contributed by atoms with Gasteiger partial charge in [-0.1, -0.05) is 38.1 Å². The standard InChI is InChI=1S/C16H28N2S/c1-14(2)11-17-12-15-5-7-16(8-6-15)13-18(3)9-10-19-4/h5-8,14,17H,9-13H2,1-4H3.